The second-order valence-corrected chi connectivity index (χ2v) is 5.96. The van der Waals surface area contributed by atoms with Crippen molar-refractivity contribution in [2.45, 2.75) is 33.6 Å². The minimum atomic E-state index is -1.01. The highest BCUT2D eigenvalue weighted by Crippen LogP contribution is 2.12. The van der Waals surface area contributed by atoms with Crippen LogP contribution in [-0.4, -0.2) is 21.5 Å². The third-order valence-electron chi connectivity index (χ3n) is 2.70. The molecular weight excluding hydrogens is 232 g/mol. The van der Waals surface area contributed by atoms with Gasteiger partial charge in [-0.15, -0.1) is 0 Å². The second-order valence-electron chi connectivity index (χ2n) is 4.38. The molecule has 0 aliphatic rings. The molecule has 0 saturated carbocycles. The van der Waals surface area contributed by atoms with Gasteiger partial charge in [0, 0.05) is 22.1 Å². The van der Waals surface area contributed by atoms with Crippen LogP contribution >= 0.6 is 0 Å². The highest BCUT2D eigenvalue weighted by atomic mass is 32.2. The average molecular weight is 252 g/mol. The first-order valence-corrected chi connectivity index (χ1v) is 7.48. The van der Waals surface area contributed by atoms with Crippen molar-refractivity contribution in [1.82, 2.24) is 0 Å². The standard InChI is InChI=1S/C14H20O2S/c1-4-5-8-17(16)10-14(15)13-7-6-11(2)9-12(13)3/h6-7,9H,4-5,8,10H2,1-3H3. The van der Waals surface area contributed by atoms with Gasteiger partial charge < -0.3 is 0 Å². The molecule has 1 atom stereocenters. The van der Waals surface area contributed by atoms with E-state index in [-0.39, 0.29) is 11.5 Å². The van der Waals surface area contributed by atoms with Gasteiger partial charge >= 0.3 is 0 Å². The number of carbonyl (C=O) groups excluding carboxylic acids is 1. The minimum absolute atomic E-state index is 0.00284. The van der Waals surface area contributed by atoms with Crippen LogP contribution in [0.25, 0.3) is 0 Å². The van der Waals surface area contributed by atoms with E-state index in [0.29, 0.717) is 11.3 Å². The maximum Gasteiger partial charge on any atom is 0.175 e. The molecule has 0 aromatic heterocycles. The monoisotopic (exact) mass is 252 g/mol. The van der Waals surface area contributed by atoms with Crippen LogP contribution < -0.4 is 0 Å². The Morgan fingerprint density at radius 2 is 2.00 bits per heavy atom. The lowest BCUT2D eigenvalue weighted by atomic mass is 10.0. The average Bonchev–Trinajstić information content (AvgIpc) is 2.26. The Hall–Kier alpha value is -0.960. The maximum absolute atomic E-state index is 12.0. The van der Waals surface area contributed by atoms with Gasteiger partial charge in [0.1, 0.15) is 0 Å². The molecule has 94 valence electrons. The Kier molecular flexibility index (Phi) is 5.56. The molecule has 3 heteroatoms. The molecule has 1 aromatic carbocycles. The summed E-state index contributed by atoms with van der Waals surface area (Å²) in [6, 6.07) is 5.75. The number of ketones is 1. The van der Waals surface area contributed by atoms with Gasteiger partial charge in [-0.2, -0.15) is 0 Å². The van der Waals surface area contributed by atoms with Crippen molar-refractivity contribution < 1.29 is 9.00 Å². The third kappa shape index (κ3) is 4.43. The van der Waals surface area contributed by atoms with Crippen LogP contribution in [0, 0.1) is 13.8 Å². The molecule has 0 amide bonds. The van der Waals surface area contributed by atoms with Crippen LogP contribution in [0.15, 0.2) is 18.2 Å². The van der Waals surface area contributed by atoms with Gasteiger partial charge in [0.15, 0.2) is 5.78 Å². The molecule has 0 bridgehead atoms. The lowest BCUT2D eigenvalue weighted by molar-refractivity contribution is 0.102. The fraction of sp³-hybridized carbons (Fsp3) is 0.500. The Morgan fingerprint density at radius 1 is 1.29 bits per heavy atom. The van der Waals surface area contributed by atoms with Gasteiger partial charge in [-0.05, 0) is 25.8 Å². The summed E-state index contributed by atoms with van der Waals surface area (Å²) in [5.41, 5.74) is 2.83. The molecule has 0 saturated heterocycles. The maximum atomic E-state index is 12.0. The normalized spacial score (nSPS) is 12.4. The van der Waals surface area contributed by atoms with E-state index < -0.39 is 10.8 Å². The van der Waals surface area contributed by atoms with Crippen molar-refractivity contribution in [2.75, 3.05) is 11.5 Å². The predicted molar refractivity (Wildman–Crippen MR) is 73.0 cm³/mol. The molecule has 0 radical (unpaired) electrons. The topological polar surface area (TPSA) is 34.1 Å². The molecule has 1 unspecified atom stereocenters. The van der Waals surface area contributed by atoms with Crippen molar-refractivity contribution in [1.29, 1.82) is 0 Å². The van der Waals surface area contributed by atoms with Gasteiger partial charge in [0.05, 0.1) is 5.75 Å². The first-order chi connectivity index (χ1) is 8.04. The van der Waals surface area contributed by atoms with Crippen molar-refractivity contribution >= 4 is 16.6 Å². The number of rotatable bonds is 6. The third-order valence-corrected chi connectivity index (χ3v) is 4.03. The summed E-state index contributed by atoms with van der Waals surface area (Å²) in [4.78, 5) is 12.0. The highest BCUT2D eigenvalue weighted by molar-refractivity contribution is 7.85. The smallest absolute Gasteiger partial charge is 0.175 e. The molecule has 1 rings (SSSR count). The second kappa shape index (κ2) is 6.70. The van der Waals surface area contributed by atoms with E-state index in [9.17, 15) is 9.00 Å². The van der Waals surface area contributed by atoms with Gasteiger partial charge in [0.2, 0.25) is 0 Å². The number of unbranched alkanes of at least 4 members (excludes halogenated alkanes) is 1. The van der Waals surface area contributed by atoms with Crippen LogP contribution in [0.5, 0.6) is 0 Å². The first-order valence-electron chi connectivity index (χ1n) is 6.00. The fourth-order valence-corrected chi connectivity index (χ4v) is 2.93. The molecule has 0 heterocycles. The van der Waals surface area contributed by atoms with Gasteiger partial charge in [-0.3, -0.25) is 9.00 Å². The van der Waals surface area contributed by atoms with E-state index in [1.54, 1.807) is 0 Å². The van der Waals surface area contributed by atoms with Gasteiger partial charge in [-0.1, -0.05) is 37.1 Å². The molecule has 1 aromatic rings. The lowest BCUT2D eigenvalue weighted by Crippen LogP contribution is -2.14. The summed E-state index contributed by atoms with van der Waals surface area (Å²) in [5.74, 6) is 0.786. The summed E-state index contributed by atoms with van der Waals surface area (Å²) >= 11 is 0. The Morgan fingerprint density at radius 3 is 2.59 bits per heavy atom. The Balaban J connectivity index is 2.67. The minimum Gasteiger partial charge on any atom is -0.293 e. The van der Waals surface area contributed by atoms with Crippen LogP contribution in [0.1, 0.15) is 41.3 Å². The molecule has 0 aliphatic carbocycles. The highest BCUT2D eigenvalue weighted by Gasteiger charge is 2.12. The molecule has 2 nitrogen and oxygen atoms in total. The van der Waals surface area contributed by atoms with Crippen LogP contribution in [0.3, 0.4) is 0 Å². The van der Waals surface area contributed by atoms with E-state index in [2.05, 4.69) is 6.92 Å². The summed E-state index contributed by atoms with van der Waals surface area (Å²) in [7, 11) is -1.01. The van der Waals surface area contributed by atoms with Crippen LogP contribution in [0.4, 0.5) is 0 Å². The van der Waals surface area contributed by atoms with Crippen molar-refractivity contribution in [3.05, 3.63) is 34.9 Å². The zero-order valence-electron chi connectivity index (χ0n) is 10.8. The first kappa shape index (κ1) is 14.1. The summed E-state index contributed by atoms with van der Waals surface area (Å²) in [6.45, 7) is 5.99. The number of carbonyl (C=O) groups is 1. The van der Waals surface area contributed by atoms with Crippen molar-refractivity contribution in [3.63, 3.8) is 0 Å². The van der Waals surface area contributed by atoms with Crippen molar-refractivity contribution in [3.8, 4) is 0 Å². The molecule has 0 aliphatic heterocycles. The summed E-state index contributed by atoms with van der Waals surface area (Å²) in [5, 5.41) is 0. The van der Waals surface area contributed by atoms with Crippen LogP contribution in [-0.2, 0) is 10.8 Å². The Bertz CT molecular complexity index is 424. The zero-order valence-corrected chi connectivity index (χ0v) is 11.6. The predicted octanol–water partition coefficient (Wildman–Crippen LogP) is 3.03. The van der Waals surface area contributed by atoms with Gasteiger partial charge in [-0.25, -0.2) is 0 Å². The van der Waals surface area contributed by atoms with Crippen LogP contribution in [0.2, 0.25) is 0 Å². The number of Topliss-reactive ketones (excluding diaryl/α,β-unsaturated/α-hetero) is 1. The molecule has 0 spiro atoms. The van der Waals surface area contributed by atoms with E-state index >= 15 is 0 Å². The number of hydrogen-bond donors (Lipinski definition) is 0. The molecule has 0 N–H and O–H groups in total. The SMILES string of the molecule is CCCCS(=O)CC(=O)c1ccc(C)cc1C. The van der Waals surface area contributed by atoms with Gasteiger partial charge in [0.25, 0.3) is 0 Å². The lowest BCUT2D eigenvalue weighted by Gasteiger charge is -2.06. The largest absolute Gasteiger partial charge is 0.293 e. The van der Waals surface area contributed by atoms with E-state index in [4.69, 9.17) is 0 Å². The van der Waals surface area contributed by atoms with E-state index in [1.165, 1.54) is 0 Å². The molecular formula is C14H20O2S. The quantitative estimate of drug-likeness (QED) is 0.729. The number of hydrogen-bond acceptors (Lipinski definition) is 2. The molecule has 0 fully saturated rings. The van der Waals surface area contributed by atoms with E-state index in [0.717, 1.165) is 24.0 Å². The number of benzene rings is 1. The van der Waals surface area contributed by atoms with E-state index in [1.807, 2.05) is 32.0 Å². The number of aryl methyl sites for hydroxylation is 2. The fourth-order valence-electron chi connectivity index (χ4n) is 1.73. The van der Waals surface area contributed by atoms with Crippen molar-refractivity contribution in [2.24, 2.45) is 0 Å². The summed E-state index contributed by atoms with van der Waals surface area (Å²) < 4.78 is 11.7. The zero-order chi connectivity index (χ0) is 12.8. The molecule has 17 heavy (non-hydrogen) atoms. The Labute approximate surface area is 106 Å². The summed E-state index contributed by atoms with van der Waals surface area (Å²) in [6.07, 6.45) is 1.94.